The van der Waals surface area contributed by atoms with Crippen molar-refractivity contribution in [1.82, 2.24) is 9.88 Å². The molecule has 0 spiro atoms. The van der Waals surface area contributed by atoms with Crippen LogP contribution in [0.3, 0.4) is 0 Å². The molecule has 0 unspecified atom stereocenters. The highest BCUT2D eigenvalue weighted by atomic mass is 35.5. The fraction of sp³-hybridized carbons (Fsp3) is 0.360. The number of hydrogen-bond donors (Lipinski definition) is 0. The van der Waals surface area contributed by atoms with Crippen molar-refractivity contribution in [3.8, 4) is 22.8 Å². The molecule has 1 aromatic heterocycles. The highest BCUT2D eigenvalue weighted by molar-refractivity contribution is 6.30. The first-order valence-corrected chi connectivity index (χ1v) is 11.3. The third-order valence-electron chi connectivity index (χ3n) is 5.92. The first-order chi connectivity index (χ1) is 16.0. The molecular formula is C25H28ClN3O4. The van der Waals surface area contributed by atoms with E-state index in [-0.39, 0.29) is 5.91 Å². The summed E-state index contributed by atoms with van der Waals surface area (Å²) in [5.41, 5.74) is 3.11. The fourth-order valence-electron chi connectivity index (χ4n) is 4.04. The molecule has 0 radical (unpaired) electrons. The number of hydrogen-bond acceptors (Lipinski definition) is 6. The van der Waals surface area contributed by atoms with Crippen molar-refractivity contribution in [1.29, 1.82) is 0 Å². The lowest BCUT2D eigenvalue weighted by Gasteiger charge is -2.37. The van der Waals surface area contributed by atoms with Crippen LogP contribution in [-0.2, 0) is 11.2 Å². The molecular weight excluding hydrogens is 442 g/mol. The molecule has 1 amide bonds. The quantitative estimate of drug-likeness (QED) is 0.503. The molecule has 0 atom stereocenters. The SMILES string of the molecule is COc1ccc(-c2cnc(CCC(=O)N3CCN(c4cc(Cl)ccc4C)CC3)o2)c(OC)c1. The second kappa shape index (κ2) is 10.2. The van der Waals surface area contributed by atoms with Gasteiger partial charge in [-0.2, -0.15) is 0 Å². The van der Waals surface area contributed by atoms with Gasteiger partial charge in [-0.25, -0.2) is 4.98 Å². The number of rotatable bonds is 7. The van der Waals surface area contributed by atoms with E-state index in [1.807, 2.05) is 35.2 Å². The van der Waals surface area contributed by atoms with E-state index in [1.54, 1.807) is 26.5 Å². The number of oxazole rings is 1. The minimum Gasteiger partial charge on any atom is -0.497 e. The summed E-state index contributed by atoms with van der Waals surface area (Å²) in [5.74, 6) is 2.58. The van der Waals surface area contributed by atoms with Gasteiger partial charge >= 0.3 is 0 Å². The minimum absolute atomic E-state index is 0.110. The number of carbonyl (C=O) groups is 1. The number of ether oxygens (including phenoxy) is 2. The number of amides is 1. The van der Waals surface area contributed by atoms with E-state index in [1.165, 1.54) is 5.56 Å². The predicted molar refractivity (Wildman–Crippen MR) is 128 cm³/mol. The van der Waals surface area contributed by atoms with Gasteiger partial charge in [0.2, 0.25) is 5.91 Å². The Balaban J connectivity index is 1.32. The lowest BCUT2D eigenvalue weighted by Crippen LogP contribution is -2.49. The molecule has 7 nitrogen and oxygen atoms in total. The van der Waals surface area contributed by atoms with Crippen LogP contribution in [0.1, 0.15) is 17.9 Å². The Morgan fingerprint density at radius 2 is 1.88 bits per heavy atom. The third-order valence-corrected chi connectivity index (χ3v) is 6.16. The highest BCUT2D eigenvalue weighted by Crippen LogP contribution is 2.33. The summed E-state index contributed by atoms with van der Waals surface area (Å²) >= 11 is 6.17. The summed E-state index contributed by atoms with van der Waals surface area (Å²) in [7, 11) is 3.21. The largest absolute Gasteiger partial charge is 0.497 e. The van der Waals surface area contributed by atoms with Gasteiger partial charge in [-0.05, 0) is 36.8 Å². The molecule has 33 heavy (non-hydrogen) atoms. The van der Waals surface area contributed by atoms with Crippen molar-refractivity contribution in [2.45, 2.75) is 19.8 Å². The molecule has 0 aliphatic carbocycles. The molecule has 8 heteroatoms. The topological polar surface area (TPSA) is 68.0 Å². The molecule has 0 N–H and O–H groups in total. The molecule has 2 aromatic carbocycles. The zero-order chi connectivity index (χ0) is 23.4. The predicted octanol–water partition coefficient (Wildman–Crippen LogP) is 4.60. The lowest BCUT2D eigenvalue weighted by molar-refractivity contribution is -0.131. The van der Waals surface area contributed by atoms with Gasteiger partial charge in [0.1, 0.15) is 11.5 Å². The molecule has 0 saturated carbocycles. The zero-order valence-electron chi connectivity index (χ0n) is 19.1. The Bertz CT molecular complexity index is 1120. The van der Waals surface area contributed by atoms with E-state index < -0.39 is 0 Å². The molecule has 4 rings (SSSR count). The molecule has 1 fully saturated rings. The number of carbonyl (C=O) groups excluding carboxylic acids is 1. The monoisotopic (exact) mass is 469 g/mol. The molecule has 174 valence electrons. The first-order valence-electron chi connectivity index (χ1n) is 10.9. The Kier molecular flexibility index (Phi) is 7.08. The number of aromatic nitrogens is 1. The van der Waals surface area contributed by atoms with Crippen LogP contribution in [0.2, 0.25) is 5.02 Å². The molecule has 1 aliphatic heterocycles. The van der Waals surface area contributed by atoms with Crippen LogP contribution in [-0.4, -0.2) is 56.2 Å². The summed E-state index contributed by atoms with van der Waals surface area (Å²) in [6, 6.07) is 11.4. The average Bonchev–Trinajstić information content (AvgIpc) is 3.32. The van der Waals surface area contributed by atoms with Gasteiger partial charge in [-0.15, -0.1) is 0 Å². The van der Waals surface area contributed by atoms with Gasteiger partial charge in [0, 0.05) is 55.8 Å². The van der Waals surface area contributed by atoms with Crippen LogP contribution in [0.15, 0.2) is 47.0 Å². The number of halogens is 1. The molecule has 1 saturated heterocycles. The van der Waals surface area contributed by atoms with Crippen molar-refractivity contribution < 1.29 is 18.7 Å². The second-order valence-corrected chi connectivity index (χ2v) is 8.42. The van der Waals surface area contributed by atoms with Gasteiger partial charge in [-0.3, -0.25) is 4.79 Å². The zero-order valence-corrected chi connectivity index (χ0v) is 19.9. The number of piperazine rings is 1. The van der Waals surface area contributed by atoms with Crippen molar-refractivity contribution in [2.75, 3.05) is 45.3 Å². The fourth-order valence-corrected chi connectivity index (χ4v) is 4.21. The average molecular weight is 470 g/mol. The van der Waals surface area contributed by atoms with Gasteiger partial charge in [0.05, 0.1) is 26.0 Å². The maximum atomic E-state index is 12.8. The van der Waals surface area contributed by atoms with E-state index in [2.05, 4.69) is 16.8 Å². The Hall–Kier alpha value is -3.19. The van der Waals surface area contributed by atoms with Crippen molar-refractivity contribution in [2.24, 2.45) is 0 Å². The Morgan fingerprint density at radius 1 is 1.09 bits per heavy atom. The normalized spacial score (nSPS) is 13.8. The summed E-state index contributed by atoms with van der Waals surface area (Å²) in [4.78, 5) is 21.3. The van der Waals surface area contributed by atoms with Crippen LogP contribution in [0, 0.1) is 6.92 Å². The number of nitrogens with zero attached hydrogens (tertiary/aromatic N) is 3. The van der Waals surface area contributed by atoms with Gasteiger partial charge in [0.25, 0.3) is 0 Å². The van der Waals surface area contributed by atoms with Crippen LogP contribution >= 0.6 is 11.6 Å². The standard InChI is InChI=1S/C25H28ClN3O4/c1-17-4-5-18(26)14-21(17)28-10-12-29(13-11-28)25(30)9-8-24-27-16-23(33-24)20-7-6-19(31-2)15-22(20)32-3/h4-7,14-16H,8-13H2,1-3H3. The van der Waals surface area contributed by atoms with E-state index in [9.17, 15) is 4.79 Å². The van der Waals surface area contributed by atoms with Gasteiger partial charge < -0.3 is 23.7 Å². The summed E-state index contributed by atoms with van der Waals surface area (Å²) in [6.07, 6.45) is 2.47. The summed E-state index contributed by atoms with van der Waals surface area (Å²) in [6.45, 7) is 5.02. The maximum absolute atomic E-state index is 12.8. The Labute approximate surface area is 198 Å². The van der Waals surface area contributed by atoms with Crippen molar-refractivity contribution in [3.05, 3.63) is 59.1 Å². The Morgan fingerprint density at radius 3 is 2.61 bits per heavy atom. The maximum Gasteiger partial charge on any atom is 0.223 e. The molecule has 2 heterocycles. The third kappa shape index (κ3) is 5.25. The van der Waals surface area contributed by atoms with Crippen LogP contribution in [0.5, 0.6) is 11.5 Å². The number of methoxy groups -OCH3 is 2. The minimum atomic E-state index is 0.110. The number of aryl methyl sites for hydroxylation is 2. The molecule has 1 aliphatic rings. The van der Waals surface area contributed by atoms with Crippen molar-refractivity contribution in [3.63, 3.8) is 0 Å². The van der Waals surface area contributed by atoms with E-state index >= 15 is 0 Å². The van der Waals surface area contributed by atoms with Gasteiger partial charge in [-0.1, -0.05) is 17.7 Å². The van der Waals surface area contributed by atoms with E-state index in [0.29, 0.717) is 49.1 Å². The first kappa shape index (κ1) is 23.0. The van der Waals surface area contributed by atoms with Crippen LogP contribution in [0.4, 0.5) is 5.69 Å². The number of benzene rings is 2. The van der Waals surface area contributed by atoms with E-state index in [0.717, 1.165) is 29.4 Å². The smallest absolute Gasteiger partial charge is 0.223 e. The van der Waals surface area contributed by atoms with Crippen LogP contribution < -0.4 is 14.4 Å². The second-order valence-electron chi connectivity index (χ2n) is 7.98. The van der Waals surface area contributed by atoms with Crippen LogP contribution in [0.25, 0.3) is 11.3 Å². The van der Waals surface area contributed by atoms with E-state index in [4.69, 9.17) is 25.5 Å². The van der Waals surface area contributed by atoms with Crippen molar-refractivity contribution >= 4 is 23.2 Å². The van der Waals surface area contributed by atoms with Gasteiger partial charge in [0.15, 0.2) is 11.7 Å². The molecule has 0 bridgehead atoms. The lowest BCUT2D eigenvalue weighted by atomic mass is 10.1. The summed E-state index contributed by atoms with van der Waals surface area (Å²) in [5, 5.41) is 0.728. The number of anilines is 1. The summed E-state index contributed by atoms with van der Waals surface area (Å²) < 4.78 is 16.6. The molecule has 3 aromatic rings. The highest BCUT2D eigenvalue weighted by Gasteiger charge is 2.23.